The predicted molar refractivity (Wildman–Crippen MR) is 92.7 cm³/mol. The lowest BCUT2D eigenvalue weighted by molar-refractivity contribution is -0.176. The number of ether oxygens (including phenoxy) is 1. The van der Waals surface area contributed by atoms with E-state index in [-0.39, 0.29) is 5.60 Å². The number of aliphatic hydroxyl groups is 3. The molecule has 5 heteroatoms. The van der Waals surface area contributed by atoms with Crippen LogP contribution in [0.3, 0.4) is 0 Å². The molecule has 0 unspecified atom stereocenters. The van der Waals surface area contributed by atoms with Crippen LogP contribution >= 0.6 is 0 Å². The summed E-state index contributed by atoms with van der Waals surface area (Å²) in [5, 5.41) is 29.6. The van der Waals surface area contributed by atoms with E-state index >= 15 is 0 Å². The van der Waals surface area contributed by atoms with E-state index in [2.05, 4.69) is 0 Å². The molecule has 0 aromatic carbocycles. The summed E-state index contributed by atoms with van der Waals surface area (Å²) in [4.78, 5) is 1.92. The molecule has 0 aromatic rings. The van der Waals surface area contributed by atoms with Crippen LogP contribution in [0.15, 0.2) is 0 Å². The van der Waals surface area contributed by atoms with Crippen molar-refractivity contribution in [3.8, 4) is 0 Å². The number of aliphatic hydroxyl groups excluding tert-OH is 3. The average Bonchev–Trinajstić information content (AvgIpc) is 2.42. The van der Waals surface area contributed by atoms with E-state index in [1.165, 1.54) is 38.5 Å². The van der Waals surface area contributed by atoms with Crippen LogP contribution in [0, 0.1) is 17.8 Å². The molecular formula is C19H35NO4. The zero-order valence-electron chi connectivity index (χ0n) is 15.2. The van der Waals surface area contributed by atoms with Crippen molar-refractivity contribution >= 4 is 0 Å². The number of nitrogens with zero attached hydrogens (tertiary/aromatic N) is 1. The van der Waals surface area contributed by atoms with Crippen molar-refractivity contribution in [3.05, 3.63) is 0 Å². The molecule has 5 nitrogen and oxygen atoms in total. The Bertz CT molecular complexity index is 367. The van der Waals surface area contributed by atoms with Crippen LogP contribution in [-0.4, -0.2) is 70.4 Å². The third-order valence-electron chi connectivity index (χ3n) is 6.08. The fraction of sp³-hybridized carbons (Fsp3) is 1.00. The van der Waals surface area contributed by atoms with Crippen molar-refractivity contribution in [2.24, 2.45) is 17.8 Å². The van der Waals surface area contributed by atoms with Crippen LogP contribution in [0.5, 0.6) is 0 Å². The van der Waals surface area contributed by atoms with Crippen molar-refractivity contribution < 1.29 is 20.1 Å². The summed E-state index contributed by atoms with van der Waals surface area (Å²) in [7, 11) is 0. The van der Waals surface area contributed by atoms with E-state index in [9.17, 15) is 15.3 Å². The summed E-state index contributed by atoms with van der Waals surface area (Å²) >= 11 is 0. The molecule has 3 atom stereocenters. The molecule has 4 saturated carbocycles. The van der Waals surface area contributed by atoms with Gasteiger partial charge in [-0.05, 0) is 70.1 Å². The van der Waals surface area contributed by atoms with Crippen LogP contribution in [0.4, 0.5) is 0 Å². The minimum atomic E-state index is -0.574. The van der Waals surface area contributed by atoms with Gasteiger partial charge in [0.05, 0.1) is 30.5 Å². The second-order valence-corrected chi connectivity index (χ2v) is 8.98. The Morgan fingerprint density at radius 1 is 0.875 bits per heavy atom. The maximum absolute atomic E-state index is 10.4. The lowest BCUT2D eigenvalue weighted by Gasteiger charge is -2.56. The predicted octanol–water partition coefficient (Wildman–Crippen LogP) is 1.40. The summed E-state index contributed by atoms with van der Waals surface area (Å²) in [6.07, 6.45) is 6.19. The molecule has 0 saturated heterocycles. The summed E-state index contributed by atoms with van der Waals surface area (Å²) < 4.78 is 6.31. The first kappa shape index (κ1) is 18.6. The molecule has 4 aliphatic carbocycles. The quantitative estimate of drug-likeness (QED) is 0.591. The molecule has 140 valence electrons. The number of rotatable bonds is 9. The van der Waals surface area contributed by atoms with Gasteiger partial charge in [0.25, 0.3) is 0 Å². The maximum Gasteiger partial charge on any atom is 0.0900 e. The molecule has 0 radical (unpaired) electrons. The zero-order chi connectivity index (χ0) is 17.3. The summed E-state index contributed by atoms with van der Waals surface area (Å²) in [6.45, 7) is 5.17. The van der Waals surface area contributed by atoms with Crippen LogP contribution in [0.25, 0.3) is 0 Å². The Morgan fingerprint density at radius 2 is 1.33 bits per heavy atom. The first-order valence-electron chi connectivity index (χ1n) is 9.74. The lowest BCUT2D eigenvalue weighted by Crippen LogP contribution is -2.53. The van der Waals surface area contributed by atoms with Crippen molar-refractivity contribution in [2.45, 2.75) is 76.3 Å². The molecule has 4 rings (SSSR count). The molecule has 4 aliphatic rings. The van der Waals surface area contributed by atoms with E-state index in [0.29, 0.717) is 26.2 Å². The molecule has 24 heavy (non-hydrogen) atoms. The Hall–Kier alpha value is -0.200. The lowest BCUT2D eigenvalue weighted by atomic mass is 9.54. The second kappa shape index (κ2) is 7.58. The van der Waals surface area contributed by atoms with Gasteiger partial charge >= 0.3 is 0 Å². The standard InChI is InChI=1S/C19H35NO4/c1-13(21)9-20(10-14(2)22)11-18(23)12-24-19-6-15-3-16(7-19)5-17(4-15)8-19/h13-18,21-23H,3-12H2,1-2H3/t13-,14+,15?,16?,17?,18-,19?/m1/s1. The molecular weight excluding hydrogens is 306 g/mol. The third kappa shape index (κ3) is 4.70. The van der Waals surface area contributed by atoms with Crippen molar-refractivity contribution in [3.63, 3.8) is 0 Å². The van der Waals surface area contributed by atoms with Crippen molar-refractivity contribution in [1.82, 2.24) is 4.90 Å². The highest BCUT2D eigenvalue weighted by Crippen LogP contribution is 2.57. The highest BCUT2D eigenvalue weighted by molar-refractivity contribution is 5.03. The summed E-state index contributed by atoms with van der Waals surface area (Å²) in [5.74, 6) is 2.53. The van der Waals surface area contributed by atoms with Gasteiger partial charge in [0.1, 0.15) is 0 Å². The van der Waals surface area contributed by atoms with Gasteiger partial charge in [-0.3, -0.25) is 4.90 Å². The van der Waals surface area contributed by atoms with Gasteiger partial charge in [-0.1, -0.05) is 0 Å². The van der Waals surface area contributed by atoms with Gasteiger partial charge in [0, 0.05) is 19.6 Å². The Morgan fingerprint density at radius 3 is 1.75 bits per heavy atom. The molecule has 0 aromatic heterocycles. The number of hydrogen-bond acceptors (Lipinski definition) is 5. The van der Waals surface area contributed by atoms with Crippen molar-refractivity contribution in [2.75, 3.05) is 26.2 Å². The summed E-state index contributed by atoms with van der Waals surface area (Å²) in [6, 6.07) is 0. The van der Waals surface area contributed by atoms with Gasteiger partial charge in [-0.25, -0.2) is 0 Å². The topological polar surface area (TPSA) is 73.2 Å². The van der Waals surface area contributed by atoms with Gasteiger partial charge in [-0.15, -0.1) is 0 Å². The normalized spacial score (nSPS) is 38.5. The van der Waals surface area contributed by atoms with Crippen LogP contribution in [0.2, 0.25) is 0 Å². The Balaban J connectivity index is 1.48. The fourth-order valence-electron chi connectivity index (χ4n) is 5.80. The monoisotopic (exact) mass is 341 g/mol. The maximum atomic E-state index is 10.4. The Labute approximate surface area is 146 Å². The molecule has 0 amide bonds. The van der Waals surface area contributed by atoms with Crippen LogP contribution < -0.4 is 0 Å². The molecule has 3 N–H and O–H groups in total. The van der Waals surface area contributed by atoms with E-state index < -0.39 is 18.3 Å². The smallest absolute Gasteiger partial charge is 0.0900 e. The molecule has 0 aliphatic heterocycles. The minimum Gasteiger partial charge on any atom is -0.392 e. The highest BCUT2D eigenvalue weighted by Gasteiger charge is 2.51. The average molecular weight is 341 g/mol. The van der Waals surface area contributed by atoms with Gasteiger partial charge in [0.2, 0.25) is 0 Å². The number of hydrogen-bond donors (Lipinski definition) is 3. The molecule has 4 fully saturated rings. The Kier molecular flexibility index (Phi) is 5.87. The first-order valence-corrected chi connectivity index (χ1v) is 9.74. The van der Waals surface area contributed by atoms with Gasteiger partial charge in [-0.2, -0.15) is 0 Å². The minimum absolute atomic E-state index is 0.0229. The van der Waals surface area contributed by atoms with Gasteiger partial charge < -0.3 is 20.1 Å². The van der Waals surface area contributed by atoms with E-state index in [1.807, 2.05) is 4.90 Å². The fourth-order valence-corrected chi connectivity index (χ4v) is 5.80. The van der Waals surface area contributed by atoms with E-state index in [0.717, 1.165) is 17.8 Å². The molecule has 4 bridgehead atoms. The third-order valence-corrected chi connectivity index (χ3v) is 6.08. The van der Waals surface area contributed by atoms with Crippen molar-refractivity contribution in [1.29, 1.82) is 0 Å². The largest absolute Gasteiger partial charge is 0.392 e. The SMILES string of the molecule is C[C@H](O)CN(C[C@@H](O)COC12CC3CC(CC(C3)C1)C2)C[C@@H](C)O. The molecule has 0 heterocycles. The van der Waals surface area contributed by atoms with E-state index in [4.69, 9.17) is 4.74 Å². The zero-order valence-corrected chi connectivity index (χ0v) is 15.2. The molecule has 0 spiro atoms. The first-order chi connectivity index (χ1) is 11.3. The van der Waals surface area contributed by atoms with Crippen LogP contribution in [0.1, 0.15) is 52.4 Å². The second-order valence-electron chi connectivity index (χ2n) is 8.98. The van der Waals surface area contributed by atoms with E-state index in [1.54, 1.807) is 13.8 Å². The van der Waals surface area contributed by atoms with Gasteiger partial charge in [0.15, 0.2) is 0 Å². The summed E-state index contributed by atoms with van der Waals surface area (Å²) in [5.41, 5.74) is 0.0229. The highest BCUT2D eigenvalue weighted by atomic mass is 16.5. The van der Waals surface area contributed by atoms with Crippen LogP contribution in [-0.2, 0) is 4.74 Å².